The number of benzene rings is 2. The van der Waals surface area contributed by atoms with Gasteiger partial charge in [-0.25, -0.2) is 9.37 Å². The van der Waals surface area contributed by atoms with Crippen LogP contribution >= 0.6 is 0 Å². The molecule has 0 atom stereocenters. The van der Waals surface area contributed by atoms with E-state index >= 15 is 0 Å². The topological polar surface area (TPSA) is 41.4 Å². The molecule has 1 saturated heterocycles. The van der Waals surface area contributed by atoms with Crippen molar-refractivity contribution in [2.75, 3.05) is 31.1 Å². The molecule has 31 heavy (non-hydrogen) atoms. The summed E-state index contributed by atoms with van der Waals surface area (Å²) < 4.78 is 16.5. The highest BCUT2D eigenvalue weighted by atomic mass is 19.1. The number of nitrogens with zero attached hydrogens (tertiary/aromatic N) is 4. The van der Waals surface area contributed by atoms with E-state index in [9.17, 15) is 9.18 Å². The van der Waals surface area contributed by atoms with E-state index in [-0.39, 0.29) is 11.7 Å². The Balaban J connectivity index is 1.53. The maximum Gasteiger partial charge on any atom is 0.256 e. The Morgan fingerprint density at radius 3 is 2.35 bits per heavy atom. The predicted octanol–water partition coefficient (Wildman–Crippen LogP) is 4.34. The summed E-state index contributed by atoms with van der Waals surface area (Å²) in [4.78, 5) is 22.2. The van der Waals surface area contributed by atoms with E-state index in [0.29, 0.717) is 42.6 Å². The smallest absolute Gasteiger partial charge is 0.256 e. The first kappa shape index (κ1) is 19.3. The molecule has 0 unspecified atom stereocenters. The van der Waals surface area contributed by atoms with Gasteiger partial charge in [-0.3, -0.25) is 4.79 Å². The van der Waals surface area contributed by atoms with Crippen LogP contribution in [0.25, 0.3) is 22.2 Å². The average Bonchev–Trinajstić information content (AvgIpc) is 3.13. The number of halogens is 1. The number of para-hydroxylation sites is 1. The number of carbonyl (C=O) groups is 1. The SMILES string of the molecule is Cn1c(-c2ccccc2)c(C(=O)N2CCN(c3ccccn3)CC2)c2cccc(F)c21. The molecule has 0 spiro atoms. The fourth-order valence-corrected chi connectivity index (χ4v) is 4.45. The van der Waals surface area contributed by atoms with Crippen LogP contribution in [0.4, 0.5) is 10.2 Å². The summed E-state index contributed by atoms with van der Waals surface area (Å²) in [7, 11) is 1.82. The number of fused-ring (bicyclic) bond motifs is 1. The van der Waals surface area contributed by atoms with Crippen LogP contribution in [0.2, 0.25) is 0 Å². The Hall–Kier alpha value is -3.67. The fourth-order valence-electron chi connectivity index (χ4n) is 4.45. The third-order valence-corrected chi connectivity index (χ3v) is 5.96. The van der Waals surface area contributed by atoms with Gasteiger partial charge in [-0.15, -0.1) is 0 Å². The molecule has 0 N–H and O–H groups in total. The van der Waals surface area contributed by atoms with Crippen LogP contribution in [-0.2, 0) is 7.05 Å². The highest BCUT2D eigenvalue weighted by molar-refractivity contribution is 6.13. The Morgan fingerprint density at radius 1 is 0.903 bits per heavy atom. The van der Waals surface area contributed by atoms with E-state index in [1.165, 1.54) is 6.07 Å². The van der Waals surface area contributed by atoms with Gasteiger partial charge in [0.15, 0.2) is 0 Å². The van der Waals surface area contributed by atoms with Crippen molar-refractivity contribution in [3.63, 3.8) is 0 Å². The molecule has 2 aromatic carbocycles. The lowest BCUT2D eigenvalue weighted by molar-refractivity contribution is 0.0749. The number of pyridine rings is 1. The Kier molecular flexibility index (Phi) is 4.90. The minimum absolute atomic E-state index is 0.0595. The molecule has 3 heterocycles. The first-order chi connectivity index (χ1) is 15.1. The molecule has 2 aromatic heterocycles. The summed E-state index contributed by atoms with van der Waals surface area (Å²) in [5.41, 5.74) is 2.67. The largest absolute Gasteiger partial charge is 0.353 e. The standard InChI is InChI=1S/C25H23FN4O/c1-28-23(18-8-3-2-4-9-18)22(19-10-7-11-20(26)24(19)28)25(31)30-16-14-29(15-17-30)21-12-5-6-13-27-21/h2-13H,14-17H2,1H3. The molecule has 156 valence electrons. The number of rotatable bonds is 3. The van der Waals surface area contributed by atoms with Crippen molar-refractivity contribution in [2.45, 2.75) is 0 Å². The van der Waals surface area contributed by atoms with Gasteiger partial charge in [0, 0.05) is 44.8 Å². The molecule has 5 rings (SSSR count). The summed E-state index contributed by atoms with van der Waals surface area (Å²) in [5, 5.41) is 0.651. The van der Waals surface area contributed by atoms with Crippen LogP contribution < -0.4 is 4.90 Å². The molecule has 0 aliphatic carbocycles. The Labute approximate surface area is 180 Å². The molecule has 0 radical (unpaired) electrons. The van der Waals surface area contributed by atoms with E-state index in [1.807, 2.05) is 66.5 Å². The van der Waals surface area contributed by atoms with Gasteiger partial charge in [0.2, 0.25) is 0 Å². The summed E-state index contributed by atoms with van der Waals surface area (Å²) in [6.45, 7) is 2.61. The molecule has 4 aromatic rings. The number of hydrogen-bond acceptors (Lipinski definition) is 3. The van der Waals surface area contributed by atoms with Crippen molar-refractivity contribution in [2.24, 2.45) is 7.05 Å². The van der Waals surface area contributed by atoms with Gasteiger partial charge in [-0.1, -0.05) is 48.5 Å². The number of hydrogen-bond donors (Lipinski definition) is 0. The number of aromatic nitrogens is 2. The lowest BCUT2D eigenvalue weighted by atomic mass is 10.0. The van der Waals surface area contributed by atoms with Crippen molar-refractivity contribution in [1.29, 1.82) is 0 Å². The lowest BCUT2D eigenvalue weighted by Gasteiger charge is -2.35. The summed E-state index contributed by atoms with van der Waals surface area (Å²) in [6, 6.07) is 20.5. The highest BCUT2D eigenvalue weighted by Gasteiger charge is 2.29. The molecule has 1 amide bonds. The molecule has 1 fully saturated rings. The minimum atomic E-state index is -0.323. The quantitative estimate of drug-likeness (QED) is 0.501. The monoisotopic (exact) mass is 414 g/mol. The van der Waals surface area contributed by atoms with Gasteiger partial charge in [0.05, 0.1) is 16.8 Å². The maximum atomic E-state index is 14.7. The van der Waals surface area contributed by atoms with Crippen molar-refractivity contribution in [1.82, 2.24) is 14.5 Å². The second-order valence-corrected chi connectivity index (χ2v) is 7.75. The van der Waals surface area contributed by atoms with Crippen molar-refractivity contribution in [3.8, 4) is 11.3 Å². The van der Waals surface area contributed by atoms with E-state index in [0.717, 1.165) is 17.1 Å². The van der Waals surface area contributed by atoms with Crippen molar-refractivity contribution < 1.29 is 9.18 Å². The van der Waals surface area contributed by atoms with Gasteiger partial charge in [-0.2, -0.15) is 0 Å². The van der Waals surface area contributed by atoms with Crippen LogP contribution in [0.5, 0.6) is 0 Å². The van der Waals surface area contributed by atoms with Gasteiger partial charge < -0.3 is 14.4 Å². The number of amides is 1. The third kappa shape index (κ3) is 3.34. The van der Waals surface area contributed by atoms with Gasteiger partial charge >= 0.3 is 0 Å². The molecular formula is C25H23FN4O. The zero-order valence-electron chi connectivity index (χ0n) is 17.3. The number of anilines is 1. The first-order valence-electron chi connectivity index (χ1n) is 10.4. The molecular weight excluding hydrogens is 391 g/mol. The molecule has 0 bridgehead atoms. The average molecular weight is 414 g/mol. The third-order valence-electron chi connectivity index (χ3n) is 5.96. The molecule has 1 aliphatic heterocycles. The fraction of sp³-hybridized carbons (Fsp3) is 0.200. The van der Waals surface area contributed by atoms with Crippen LogP contribution in [0, 0.1) is 5.82 Å². The predicted molar refractivity (Wildman–Crippen MR) is 121 cm³/mol. The maximum absolute atomic E-state index is 14.7. The van der Waals surface area contributed by atoms with Crippen molar-refractivity contribution in [3.05, 3.63) is 84.3 Å². The van der Waals surface area contributed by atoms with Crippen LogP contribution in [0.3, 0.4) is 0 Å². The van der Waals surface area contributed by atoms with Crippen LogP contribution in [-0.4, -0.2) is 46.5 Å². The van der Waals surface area contributed by atoms with E-state index in [4.69, 9.17) is 0 Å². The van der Waals surface area contributed by atoms with E-state index in [1.54, 1.807) is 16.8 Å². The number of piperazine rings is 1. The van der Waals surface area contributed by atoms with Crippen LogP contribution in [0.15, 0.2) is 72.9 Å². The first-order valence-corrected chi connectivity index (χ1v) is 10.4. The number of aryl methyl sites for hydroxylation is 1. The van der Waals surface area contributed by atoms with E-state index < -0.39 is 0 Å². The molecule has 1 aliphatic rings. The summed E-state index contributed by atoms with van der Waals surface area (Å²) in [5.74, 6) is 0.540. The van der Waals surface area contributed by atoms with Gasteiger partial charge in [0.25, 0.3) is 5.91 Å². The normalized spacial score (nSPS) is 14.3. The Bertz CT molecular complexity index is 1230. The lowest BCUT2D eigenvalue weighted by Crippen LogP contribution is -2.49. The minimum Gasteiger partial charge on any atom is -0.353 e. The molecule has 0 saturated carbocycles. The zero-order chi connectivity index (χ0) is 21.4. The van der Waals surface area contributed by atoms with E-state index in [2.05, 4.69) is 9.88 Å². The second-order valence-electron chi connectivity index (χ2n) is 7.75. The molecule has 6 heteroatoms. The van der Waals surface area contributed by atoms with Gasteiger partial charge in [-0.05, 0) is 23.8 Å². The van der Waals surface area contributed by atoms with Crippen LogP contribution in [0.1, 0.15) is 10.4 Å². The Morgan fingerprint density at radius 2 is 1.65 bits per heavy atom. The molecule has 5 nitrogen and oxygen atoms in total. The second kappa shape index (κ2) is 7.87. The van der Waals surface area contributed by atoms with Crippen molar-refractivity contribution >= 4 is 22.6 Å². The summed E-state index contributed by atoms with van der Waals surface area (Å²) >= 11 is 0. The zero-order valence-corrected chi connectivity index (χ0v) is 17.3. The summed E-state index contributed by atoms with van der Waals surface area (Å²) in [6.07, 6.45) is 1.78. The van der Waals surface area contributed by atoms with Gasteiger partial charge in [0.1, 0.15) is 11.6 Å². The number of carbonyl (C=O) groups excluding carboxylic acids is 1. The highest BCUT2D eigenvalue weighted by Crippen LogP contribution is 2.35.